The summed E-state index contributed by atoms with van der Waals surface area (Å²) in [5.74, 6) is 1.15. The summed E-state index contributed by atoms with van der Waals surface area (Å²) in [6.07, 6.45) is 3.11. The third-order valence-corrected chi connectivity index (χ3v) is 4.09. The van der Waals surface area contributed by atoms with Gasteiger partial charge < -0.3 is 19.9 Å². The Bertz CT molecular complexity index is 467. The number of ether oxygens (including phenoxy) is 2. The molecule has 2 N–H and O–H groups in total. The second-order valence-corrected chi connectivity index (χ2v) is 5.80. The Kier molecular flexibility index (Phi) is 6.15. The lowest BCUT2D eigenvalue weighted by Gasteiger charge is -2.29. The Morgan fingerprint density at radius 3 is 2.76 bits per heavy atom. The topological polar surface area (TPSA) is 50.7 Å². The van der Waals surface area contributed by atoms with Gasteiger partial charge in [0.2, 0.25) is 0 Å². The van der Waals surface area contributed by atoms with Crippen LogP contribution in [0.4, 0.5) is 0 Å². The zero-order valence-corrected chi connectivity index (χ0v) is 13.4. The number of benzene rings is 1. The highest BCUT2D eigenvalue weighted by molar-refractivity contribution is 6.32. The summed E-state index contributed by atoms with van der Waals surface area (Å²) >= 11 is 6.34. The first-order valence-electron chi connectivity index (χ1n) is 7.57. The van der Waals surface area contributed by atoms with Crippen LogP contribution in [0, 0.1) is 0 Å². The van der Waals surface area contributed by atoms with Crippen LogP contribution in [0.25, 0.3) is 0 Å². The van der Waals surface area contributed by atoms with E-state index < -0.39 is 6.10 Å². The molecule has 2 atom stereocenters. The second kappa shape index (κ2) is 7.87. The number of halogens is 1. The first kappa shape index (κ1) is 16.4. The van der Waals surface area contributed by atoms with E-state index in [0.717, 1.165) is 44.3 Å². The molecule has 1 aliphatic carbocycles. The fourth-order valence-corrected chi connectivity index (χ4v) is 2.90. The number of aliphatic hydroxyl groups is 1. The van der Waals surface area contributed by atoms with E-state index in [1.165, 1.54) is 0 Å². The summed E-state index contributed by atoms with van der Waals surface area (Å²) in [4.78, 5) is 0. The molecule has 5 heteroatoms. The summed E-state index contributed by atoms with van der Waals surface area (Å²) in [5.41, 5.74) is 1.05. The molecule has 118 valence electrons. The van der Waals surface area contributed by atoms with Gasteiger partial charge in [-0.05, 0) is 43.5 Å². The summed E-state index contributed by atoms with van der Waals surface area (Å²) in [5, 5.41) is 13.8. The third-order valence-electron chi connectivity index (χ3n) is 3.81. The van der Waals surface area contributed by atoms with Crippen LogP contribution in [-0.4, -0.2) is 31.0 Å². The molecule has 1 saturated carbocycles. The summed E-state index contributed by atoms with van der Waals surface area (Å²) in [6.45, 7) is 3.69. The van der Waals surface area contributed by atoms with Crippen molar-refractivity contribution in [1.29, 1.82) is 0 Å². The van der Waals surface area contributed by atoms with Crippen LogP contribution in [0.15, 0.2) is 12.1 Å². The van der Waals surface area contributed by atoms with Crippen molar-refractivity contribution in [2.24, 2.45) is 0 Å². The van der Waals surface area contributed by atoms with Gasteiger partial charge >= 0.3 is 0 Å². The molecular formula is C16H24ClNO3. The van der Waals surface area contributed by atoms with Gasteiger partial charge in [0.15, 0.2) is 11.5 Å². The lowest BCUT2D eigenvalue weighted by molar-refractivity contribution is 0.00573. The molecule has 0 heterocycles. The Hall–Kier alpha value is -0.970. The monoisotopic (exact) mass is 313 g/mol. The molecule has 1 fully saturated rings. The zero-order valence-electron chi connectivity index (χ0n) is 12.7. The van der Waals surface area contributed by atoms with Gasteiger partial charge in [0.05, 0.1) is 18.2 Å². The van der Waals surface area contributed by atoms with Crippen molar-refractivity contribution in [3.8, 4) is 11.5 Å². The van der Waals surface area contributed by atoms with Crippen molar-refractivity contribution >= 4 is 11.6 Å². The van der Waals surface area contributed by atoms with Crippen molar-refractivity contribution in [2.45, 2.75) is 51.4 Å². The smallest absolute Gasteiger partial charge is 0.180 e. The molecule has 0 radical (unpaired) electrons. The van der Waals surface area contributed by atoms with E-state index in [9.17, 15) is 5.11 Å². The van der Waals surface area contributed by atoms with Gasteiger partial charge in [-0.2, -0.15) is 0 Å². The molecule has 4 nitrogen and oxygen atoms in total. The predicted molar refractivity (Wildman–Crippen MR) is 84.3 cm³/mol. The Morgan fingerprint density at radius 1 is 1.33 bits per heavy atom. The van der Waals surface area contributed by atoms with Gasteiger partial charge in [0.1, 0.15) is 6.10 Å². The molecular weight excluding hydrogens is 290 g/mol. The van der Waals surface area contributed by atoms with E-state index in [1.54, 1.807) is 7.11 Å². The van der Waals surface area contributed by atoms with Crippen molar-refractivity contribution in [2.75, 3.05) is 13.7 Å². The van der Waals surface area contributed by atoms with Crippen LogP contribution in [0.1, 0.15) is 38.2 Å². The SMILES string of the molecule is CCNCc1cc(Cl)c(OC2CCCCC2O)c(OC)c1. The Balaban J connectivity index is 2.17. The number of aliphatic hydroxyl groups excluding tert-OH is 1. The molecule has 1 aromatic rings. The van der Waals surface area contributed by atoms with Crippen LogP contribution in [0.2, 0.25) is 5.02 Å². The van der Waals surface area contributed by atoms with E-state index in [-0.39, 0.29) is 6.10 Å². The fraction of sp³-hybridized carbons (Fsp3) is 0.625. The minimum absolute atomic E-state index is 0.204. The highest BCUT2D eigenvalue weighted by atomic mass is 35.5. The van der Waals surface area contributed by atoms with E-state index in [4.69, 9.17) is 21.1 Å². The number of rotatable bonds is 6. The van der Waals surface area contributed by atoms with Crippen LogP contribution in [-0.2, 0) is 6.54 Å². The maximum Gasteiger partial charge on any atom is 0.180 e. The van der Waals surface area contributed by atoms with Crippen LogP contribution < -0.4 is 14.8 Å². The highest BCUT2D eigenvalue weighted by Crippen LogP contribution is 2.38. The van der Waals surface area contributed by atoms with E-state index in [2.05, 4.69) is 12.2 Å². The number of hydrogen-bond donors (Lipinski definition) is 2. The molecule has 0 spiro atoms. The number of methoxy groups -OCH3 is 1. The van der Waals surface area contributed by atoms with Crippen LogP contribution >= 0.6 is 11.6 Å². The average molecular weight is 314 g/mol. The minimum Gasteiger partial charge on any atom is -0.493 e. The van der Waals surface area contributed by atoms with Gasteiger partial charge in [-0.3, -0.25) is 0 Å². The molecule has 0 aromatic heterocycles. The molecule has 2 unspecified atom stereocenters. The highest BCUT2D eigenvalue weighted by Gasteiger charge is 2.26. The minimum atomic E-state index is -0.430. The molecule has 0 aliphatic heterocycles. The van der Waals surface area contributed by atoms with E-state index in [0.29, 0.717) is 16.5 Å². The van der Waals surface area contributed by atoms with E-state index >= 15 is 0 Å². The van der Waals surface area contributed by atoms with Crippen LogP contribution in [0.3, 0.4) is 0 Å². The number of hydrogen-bond acceptors (Lipinski definition) is 4. The summed E-state index contributed by atoms with van der Waals surface area (Å²) in [6, 6.07) is 3.82. The molecule has 1 aromatic carbocycles. The first-order valence-corrected chi connectivity index (χ1v) is 7.95. The standard InChI is InChI=1S/C16H24ClNO3/c1-3-18-10-11-8-12(17)16(15(9-11)20-2)21-14-7-5-4-6-13(14)19/h8-9,13-14,18-19H,3-7,10H2,1-2H3. The molecule has 0 saturated heterocycles. The molecule has 2 rings (SSSR count). The number of nitrogens with one attached hydrogen (secondary N) is 1. The largest absolute Gasteiger partial charge is 0.493 e. The maximum absolute atomic E-state index is 10.0. The lowest BCUT2D eigenvalue weighted by Crippen LogP contribution is -2.34. The van der Waals surface area contributed by atoms with Gasteiger partial charge in [-0.1, -0.05) is 24.9 Å². The molecule has 1 aliphatic rings. The quantitative estimate of drug-likeness (QED) is 0.847. The Morgan fingerprint density at radius 2 is 2.10 bits per heavy atom. The zero-order chi connectivity index (χ0) is 15.2. The third kappa shape index (κ3) is 4.25. The Labute approximate surface area is 131 Å². The second-order valence-electron chi connectivity index (χ2n) is 5.40. The molecule has 0 amide bonds. The normalized spacial score (nSPS) is 22.1. The van der Waals surface area contributed by atoms with Gasteiger partial charge in [-0.25, -0.2) is 0 Å². The molecule has 21 heavy (non-hydrogen) atoms. The fourth-order valence-electron chi connectivity index (χ4n) is 2.63. The van der Waals surface area contributed by atoms with Gasteiger partial charge in [0, 0.05) is 6.54 Å². The van der Waals surface area contributed by atoms with Gasteiger partial charge in [0.25, 0.3) is 0 Å². The predicted octanol–water partition coefficient (Wildman–Crippen LogP) is 3.14. The summed E-state index contributed by atoms with van der Waals surface area (Å²) in [7, 11) is 1.60. The first-order chi connectivity index (χ1) is 10.2. The van der Waals surface area contributed by atoms with E-state index in [1.807, 2.05) is 12.1 Å². The summed E-state index contributed by atoms with van der Waals surface area (Å²) < 4.78 is 11.4. The van der Waals surface area contributed by atoms with Crippen molar-refractivity contribution < 1.29 is 14.6 Å². The van der Waals surface area contributed by atoms with Crippen molar-refractivity contribution in [3.63, 3.8) is 0 Å². The van der Waals surface area contributed by atoms with Crippen LogP contribution in [0.5, 0.6) is 11.5 Å². The maximum atomic E-state index is 10.0. The average Bonchev–Trinajstić information content (AvgIpc) is 2.49. The lowest BCUT2D eigenvalue weighted by atomic mass is 9.95. The molecule has 0 bridgehead atoms. The van der Waals surface area contributed by atoms with Gasteiger partial charge in [-0.15, -0.1) is 0 Å². The van der Waals surface area contributed by atoms with Crippen molar-refractivity contribution in [3.05, 3.63) is 22.7 Å². The van der Waals surface area contributed by atoms with Crippen molar-refractivity contribution in [1.82, 2.24) is 5.32 Å².